The first-order chi connectivity index (χ1) is 11.4. The fraction of sp³-hybridized carbons (Fsp3) is 0.333. The van der Waals surface area contributed by atoms with Gasteiger partial charge in [-0.15, -0.1) is 0 Å². The molecule has 2 N–H and O–H groups in total. The standard InChI is InChI=1S/C18H20N2O4/c1-18(2)16(22)20(17(23)19-18)10-13(21)11-24-15-9-5-7-12-6-3-4-8-14(12)15/h3-9,13,21H,10-11H2,1-2H3,(H,19,23)/t13-/m0/s1. The van der Waals surface area contributed by atoms with Crippen molar-refractivity contribution in [3.05, 3.63) is 42.5 Å². The lowest BCUT2D eigenvalue weighted by atomic mass is 10.1. The molecule has 6 heteroatoms. The Hall–Kier alpha value is -2.60. The van der Waals surface area contributed by atoms with Crippen LogP contribution in [0.5, 0.6) is 5.75 Å². The first kappa shape index (κ1) is 16.3. The summed E-state index contributed by atoms with van der Waals surface area (Å²) >= 11 is 0. The van der Waals surface area contributed by atoms with E-state index < -0.39 is 17.7 Å². The molecular formula is C18H20N2O4. The third-order valence-corrected chi connectivity index (χ3v) is 4.02. The Kier molecular flexibility index (Phi) is 4.15. The first-order valence-electron chi connectivity index (χ1n) is 7.81. The number of β-amino-alcohol motifs (C(OH)–C–C–N with tert-alkyl or cyclic N) is 1. The molecule has 0 bridgehead atoms. The number of imide groups is 1. The number of rotatable bonds is 5. The van der Waals surface area contributed by atoms with Gasteiger partial charge in [0.15, 0.2) is 0 Å². The number of amides is 3. The average molecular weight is 328 g/mol. The monoisotopic (exact) mass is 328 g/mol. The number of carbonyl (C=O) groups excluding carboxylic acids is 2. The van der Waals surface area contributed by atoms with Crippen LogP contribution in [0.2, 0.25) is 0 Å². The lowest BCUT2D eigenvalue weighted by Gasteiger charge is -2.19. The summed E-state index contributed by atoms with van der Waals surface area (Å²) in [5, 5.41) is 14.7. The van der Waals surface area contributed by atoms with Crippen LogP contribution in [0, 0.1) is 0 Å². The van der Waals surface area contributed by atoms with Crippen molar-refractivity contribution in [1.29, 1.82) is 0 Å². The first-order valence-corrected chi connectivity index (χ1v) is 7.81. The number of hydrogen-bond acceptors (Lipinski definition) is 4. The molecule has 2 aromatic rings. The number of carbonyl (C=O) groups is 2. The smallest absolute Gasteiger partial charge is 0.325 e. The maximum Gasteiger partial charge on any atom is 0.325 e. The number of nitrogens with zero attached hydrogens (tertiary/aromatic N) is 1. The van der Waals surface area contributed by atoms with Gasteiger partial charge in [0.2, 0.25) is 0 Å². The Morgan fingerprint density at radius 1 is 1.17 bits per heavy atom. The number of ether oxygens (including phenoxy) is 1. The summed E-state index contributed by atoms with van der Waals surface area (Å²) in [7, 11) is 0. The van der Waals surface area contributed by atoms with Crippen molar-refractivity contribution in [2.75, 3.05) is 13.2 Å². The summed E-state index contributed by atoms with van der Waals surface area (Å²) in [6.45, 7) is 3.16. The number of fused-ring (bicyclic) bond motifs is 1. The number of aliphatic hydroxyl groups is 1. The number of aliphatic hydroxyl groups excluding tert-OH is 1. The van der Waals surface area contributed by atoms with E-state index in [4.69, 9.17) is 4.74 Å². The van der Waals surface area contributed by atoms with Crippen LogP contribution in [0.3, 0.4) is 0 Å². The molecular weight excluding hydrogens is 308 g/mol. The Bertz CT molecular complexity index is 782. The van der Waals surface area contributed by atoms with Crippen LogP contribution >= 0.6 is 0 Å². The van der Waals surface area contributed by atoms with Crippen LogP contribution in [0.1, 0.15) is 13.8 Å². The van der Waals surface area contributed by atoms with E-state index in [1.807, 2.05) is 42.5 Å². The largest absolute Gasteiger partial charge is 0.490 e. The molecule has 1 saturated heterocycles. The zero-order valence-corrected chi connectivity index (χ0v) is 13.7. The minimum Gasteiger partial charge on any atom is -0.490 e. The quantitative estimate of drug-likeness (QED) is 0.822. The molecule has 0 saturated carbocycles. The van der Waals surface area contributed by atoms with Crippen molar-refractivity contribution >= 4 is 22.7 Å². The van der Waals surface area contributed by atoms with E-state index in [2.05, 4.69) is 5.32 Å². The topological polar surface area (TPSA) is 78.9 Å². The predicted molar refractivity (Wildman–Crippen MR) is 89.8 cm³/mol. The minimum absolute atomic E-state index is 0.00844. The van der Waals surface area contributed by atoms with Crippen molar-refractivity contribution in [3.63, 3.8) is 0 Å². The Labute approximate surface area is 140 Å². The molecule has 3 amide bonds. The van der Waals surface area contributed by atoms with Crippen LogP contribution in [0.25, 0.3) is 10.8 Å². The maximum atomic E-state index is 12.1. The molecule has 2 aromatic carbocycles. The van der Waals surface area contributed by atoms with Gasteiger partial charge in [-0.25, -0.2) is 4.79 Å². The summed E-state index contributed by atoms with van der Waals surface area (Å²) < 4.78 is 5.69. The fourth-order valence-corrected chi connectivity index (χ4v) is 2.75. The highest BCUT2D eigenvalue weighted by Crippen LogP contribution is 2.25. The highest BCUT2D eigenvalue weighted by molar-refractivity contribution is 6.06. The van der Waals surface area contributed by atoms with Gasteiger partial charge in [0.25, 0.3) is 5.91 Å². The van der Waals surface area contributed by atoms with Gasteiger partial charge < -0.3 is 15.2 Å². The van der Waals surface area contributed by atoms with Crippen molar-refractivity contribution < 1.29 is 19.4 Å². The average Bonchev–Trinajstić information content (AvgIpc) is 2.74. The molecule has 3 rings (SSSR count). The minimum atomic E-state index is -0.965. The summed E-state index contributed by atoms with van der Waals surface area (Å²) in [6.07, 6.45) is -0.965. The highest BCUT2D eigenvalue weighted by atomic mass is 16.5. The molecule has 0 aromatic heterocycles. The molecule has 1 fully saturated rings. The van der Waals surface area contributed by atoms with Gasteiger partial charge in [-0.3, -0.25) is 9.69 Å². The van der Waals surface area contributed by atoms with E-state index in [1.54, 1.807) is 13.8 Å². The van der Waals surface area contributed by atoms with Crippen LogP contribution in [-0.4, -0.2) is 46.7 Å². The van der Waals surface area contributed by atoms with E-state index in [0.717, 1.165) is 15.7 Å². The van der Waals surface area contributed by atoms with E-state index in [-0.39, 0.29) is 19.1 Å². The van der Waals surface area contributed by atoms with Crippen LogP contribution in [0.4, 0.5) is 4.79 Å². The van der Waals surface area contributed by atoms with Gasteiger partial charge in [-0.1, -0.05) is 36.4 Å². The van der Waals surface area contributed by atoms with Crippen molar-refractivity contribution in [2.45, 2.75) is 25.5 Å². The molecule has 1 aliphatic rings. The van der Waals surface area contributed by atoms with E-state index in [9.17, 15) is 14.7 Å². The Morgan fingerprint density at radius 2 is 1.88 bits per heavy atom. The van der Waals surface area contributed by atoms with Crippen molar-refractivity contribution in [1.82, 2.24) is 10.2 Å². The molecule has 6 nitrogen and oxygen atoms in total. The van der Waals surface area contributed by atoms with E-state index in [0.29, 0.717) is 5.75 Å². The van der Waals surface area contributed by atoms with Gasteiger partial charge in [-0.2, -0.15) is 0 Å². The van der Waals surface area contributed by atoms with Crippen LogP contribution in [0.15, 0.2) is 42.5 Å². The van der Waals surface area contributed by atoms with Gasteiger partial charge >= 0.3 is 6.03 Å². The molecule has 1 atom stereocenters. The van der Waals surface area contributed by atoms with Crippen molar-refractivity contribution in [3.8, 4) is 5.75 Å². The van der Waals surface area contributed by atoms with Gasteiger partial charge in [0.1, 0.15) is 24.0 Å². The van der Waals surface area contributed by atoms with Gasteiger partial charge in [-0.05, 0) is 25.3 Å². The lowest BCUT2D eigenvalue weighted by molar-refractivity contribution is -0.131. The number of benzene rings is 2. The molecule has 0 aliphatic carbocycles. The van der Waals surface area contributed by atoms with Crippen LogP contribution in [-0.2, 0) is 4.79 Å². The SMILES string of the molecule is CC1(C)NC(=O)N(C[C@H](O)COc2cccc3ccccc23)C1=O. The summed E-state index contributed by atoms with van der Waals surface area (Å²) in [4.78, 5) is 25.0. The third-order valence-electron chi connectivity index (χ3n) is 4.02. The predicted octanol–water partition coefficient (Wildman–Crippen LogP) is 1.91. The van der Waals surface area contributed by atoms with Crippen LogP contribution < -0.4 is 10.1 Å². The van der Waals surface area contributed by atoms with E-state index in [1.165, 1.54) is 0 Å². The van der Waals surface area contributed by atoms with Crippen molar-refractivity contribution in [2.24, 2.45) is 0 Å². The number of urea groups is 1. The second kappa shape index (κ2) is 6.13. The molecule has 0 spiro atoms. The Balaban J connectivity index is 1.65. The van der Waals surface area contributed by atoms with Gasteiger partial charge in [0.05, 0.1) is 6.54 Å². The highest BCUT2D eigenvalue weighted by Gasteiger charge is 2.44. The number of hydrogen-bond donors (Lipinski definition) is 2. The molecule has 1 aliphatic heterocycles. The number of nitrogens with one attached hydrogen (secondary N) is 1. The molecule has 1 heterocycles. The Morgan fingerprint density at radius 3 is 2.58 bits per heavy atom. The molecule has 0 radical (unpaired) electrons. The third kappa shape index (κ3) is 3.05. The second-order valence-corrected chi connectivity index (χ2v) is 6.41. The van der Waals surface area contributed by atoms with E-state index >= 15 is 0 Å². The maximum absolute atomic E-state index is 12.1. The summed E-state index contributed by atoms with van der Waals surface area (Å²) in [5.74, 6) is 0.307. The fourth-order valence-electron chi connectivity index (χ4n) is 2.75. The molecule has 0 unspecified atom stereocenters. The summed E-state index contributed by atoms with van der Waals surface area (Å²) in [5.41, 5.74) is -0.937. The lowest BCUT2D eigenvalue weighted by Crippen LogP contribution is -2.42. The van der Waals surface area contributed by atoms with Gasteiger partial charge in [0, 0.05) is 5.39 Å². The zero-order valence-electron chi connectivity index (χ0n) is 13.7. The zero-order chi connectivity index (χ0) is 17.3. The molecule has 24 heavy (non-hydrogen) atoms. The normalized spacial score (nSPS) is 17.9. The second-order valence-electron chi connectivity index (χ2n) is 6.41. The molecule has 126 valence electrons. The summed E-state index contributed by atoms with van der Waals surface area (Å²) in [6, 6.07) is 13.0.